The van der Waals surface area contributed by atoms with Gasteiger partial charge in [0.2, 0.25) is 0 Å². The molecule has 0 spiro atoms. The van der Waals surface area contributed by atoms with Gasteiger partial charge in [-0.3, -0.25) is 0 Å². The van der Waals surface area contributed by atoms with E-state index in [-0.39, 0.29) is 0 Å². The molecule has 3 heteroatoms. The first-order valence-corrected chi connectivity index (χ1v) is 3.02. The number of rotatable bonds is 4. The van der Waals surface area contributed by atoms with Gasteiger partial charge < -0.3 is 7.80 Å². The molecule has 2 nitrogen and oxygen atoms in total. The Kier molecular flexibility index (Phi) is 7.27. The van der Waals surface area contributed by atoms with Crippen LogP contribution in [-0.2, 0) is 7.80 Å². The lowest BCUT2D eigenvalue weighted by Crippen LogP contribution is -1.91. The van der Waals surface area contributed by atoms with E-state index in [1.807, 2.05) is 23.0 Å². The predicted molar refractivity (Wildman–Crippen MR) is 36.5 cm³/mol. The fourth-order valence-electron chi connectivity index (χ4n) is 0.258. The summed E-state index contributed by atoms with van der Waals surface area (Å²) in [5.41, 5.74) is 0. The van der Waals surface area contributed by atoms with Crippen LogP contribution in [0.2, 0.25) is 0 Å². The molecular formula is C4H9IO2. The maximum Gasteiger partial charge on any atom is 0.109 e. The van der Waals surface area contributed by atoms with Gasteiger partial charge in [0.1, 0.15) is 23.0 Å². The summed E-state index contributed by atoms with van der Waals surface area (Å²) < 4.78 is 9.49. The van der Waals surface area contributed by atoms with E-state index in [1.54, 1.807) is 7.11 Å². The molecule has 0 aromatic rings. The first kappa shape index (κ1) is 7.65. The van der Waals surface area contributed by atoms with Crippen molar-refractivity contribution in [2.75, 3.05) is 20.3 Å². The number of methoxy groups -OCH3 is 1. The summed E-state index contributed by atoms with van der Waals surface area (Å²) in [7, 11) is 1.69. The van der Waals surface area contributed by atoms with E-state index < -0.39 is 0 Å². The standard InChI is InChI=1S/C4H9IO2/c1-6-3-2-4-7-5/h2-4H2,1H3. The van der Waals surface area contributed by atoms with E-state index >= 15 is 0 Å². The predicted octanol–water partition coefficient (Wildman–Crippen LogP) is 1.39. The minimum Gasteiger partial charge on any atom is -0.385 e. The van der Waals surface area contributed by atoms with E-state index in [0.29, 0.717) is 0 Å². The Bertz CT molecular complexity index is 28.9. The zero-order valence-corrected chi connectivity index (χ0v) is 6.47. The highest BCUT2D eigenvalue weighted by Crippen LogP contribution is 1.87. The van der Waals surface area contributed by atoms with Crippen LogP contribution in [0.3, 0.4) is 0 Å². The number of hydrogen-bond acceptors (Lipinski definition) is 2. The third-order valence-electron chi connectivity index (χ3n) is 0.570. The highest BCUT2D eigenvalue weighted by molar-refractivity contribution is 14.1. The Hall–Kier alpha value is 0.650. The average Bonchev–Trinajstić information content (AvgIpc) is 1.69. The molecule has 0 aromatic heterocycles. The Morgan fingerprint density at radius 2 is 2.14 bits per heavy atom. The van der Waals surface area contributed by atoms with Crippen molar-refractivity contribution >= 4 is 23.0 Å². The Balaban J connectivity index is 2.45. The molecule has 0 radical (unpaired) electrons. The second-order valence-corrected chi connectivity index (χ2v) is 1.78. The quantitative estimate of drug-likeness (QED) is 0.522. The van der Waals surface area contributed by atoms with Gasteiger partial charge in [0.15, 0.2) is 0 Å². The topological polar surface area (TPSA) is 18.5 Å². The van der Waals surface area contributed by atoms with Crippen LogP contribution < -0.4 is 0 Å². The first-order valence-electron chi connectivity index (χ1n) is 2.14. The van der Waals surface area contributed by atoms with Crippen molar-refractivity contribution < 1.29 is 7.80 Å². The maximum atomic E-state index is 4.76. The molecule has 0 aromatic carbocycles. The van der Waals surface area contributed by atoms with Crippen LogP contribution in [0.1, 0.15) is 6.42 Å². The summed E-state index contributed by atoms with van der Waals surface area (Å²) in [6.07, 6.45) is 0.986. The zero-order valence-electron chi connectivity index (χ0n) is 4.32. The van der Waals surface area contributed by atoms with Crippen molar-refractivity contribution in [1.82, 2.24) is 0 Å². The fraction of sp³-hybridized carbons (Fsp3) is 1.00. The van der Waals surface area contributed by atoms with Crippen molar-refractivity contribution in [3.05, 3.63) is 0 Å². The molecule has 0 saturated heterocycles. The van der Waals surface area contributed by atoms with Crippen LogP contribution >= 0.6 is 23.0 Å². The lowest BCUT2D eigenvalue weighted by atomic mass is 10.5. The second-order valence-electron chi connectivity index (χ2n) is 1.16. The average molecular weight is 216 g/mol. The molecule has 0 amide bonds. The molecule has 0 unspecified atom stereocenters. The number of hydrogen-bond donors (Lipinski definition) is 0. The maximum absolute atomic E-state index is 4.76. The Morgan fingerprint density at radius 1 is 1.43 bits per heavy atom. The zero-order chi connectivity index (χ0) is 5.54. The molecule has 44 valence electrons. The van der Waals surface area contributed by atoms with E-state index in [9.17, 15) is 0 Å². The van der Waals surface area contributed by atoms with Gasteiger partial charge in [-0.25, -0.2) is 0 Å². The van der Waals surface area contributed by atoms with E-state index in [4.69, 9.17) is 7.80 Å². The van der Waals surface area contributed by atoms with Crippen LogP contribution in [-0.4, -0.2) is 20.3 Å². The molecule has 0 heterocycles. The second kappa shape index (κ2) is 6.65. The van der Waals surface area contributed by atoms with Gasteiger partial charge in [0, 0.05) is 13.7 Å². The molecule has 0 aliphatic carbocycles. The lowest BCUT2D eigenvalue weighted by molar-refractivity contribution is 0.182. The molecule has 0 saturated carbocycles. The smallest absolute Gasteiger partial charge is 0.109 e. The van der Waals surface area contributed by atoms with Crippen molar-refractivity contribution in [1.29, 1.82) is 0 Å². The molecule has 0 fully saturated rings. The highest BCUT2D eigenvalue weighted by atomic mass is 127. The number of ether oxygens (including phenoxy) is 1. The normalized spacial score (nSPS) is 9.43. The summed E-state index contributed by atoms with van der Waals surface area (Å²) in [4.78, 5) is 0. The minimum atomic E-state index is 0.786. The lowest BCUT2D eigenvalue weighted by Gasteiger charge is -1.92. The summed E-state index contributed by atoms with van der Waals surface area (Å²) in [5, 5.41) is 0. The van der Waals surface area contributed by atoms with Crippen molar-refractivity contribution in [2.24, 2.45) is 0 Å². The van der Waals surface area contributed by atoms with Crippen LogP contribution in [0.15, 0.2) is 0 Å². The van der Waals surface area contributed by atoms with Crippen LogP contribution in [0.5, 0.6) is 0 Å². The van der Waals surface area contributed by atoms with Crippen LogP contribution in [0, 0.1) is 0 Å². The molecule has 0 atom stereocenters. The fourth-order valence-corrected chi connectivity index (χ4v) is 0.569. The van der Waals surface area contributed by atoms with Crippen LogP contribution in [0.25, 0.3) is 0 Å². The van der Waals surface area contributed by atoms with Crippen molar-refractivity contribution in [2.45, 2.75) is 6.42 Å². The van der Waals surface area contributed by atoms with Gasteiger partial charge in [-0.15, -0.1) is 0 Å². The molecule has 0 N–H and O–H groups in total. The van der Waals surface area contributed by atoms with Crippen molar-refractivity contribution in [3.8, 4) is 0 Å². The van der Waals surface area contributed by atoms with Gasteiger partial charge in [0.25, 0.3) is 0 Å². The van der Waals surface area contributed by atoms with Gasteiger partial charge in [-0.1, -0.05) is 0 Å². The SMILES string of the molecule is COCCCOI. The Labute approximate surface area is 57.9 Å². The molecular weight excluding hydrogens is 207 g/mol. The highest BCUT2D eigenvalue weighted by Gasteiger charge is 1.80. The molecule has 7 heavy (non-hydrogen) atoms. The van der Waals surface area contributed by atoms with Gasteiger partial charge in [-0.2, -0.15) is 0 Å². The van der Waals surface area contributed by atoms with Crippen molar-refractivity contribution in [3.63, 3.8) is 0 Å². The van der Waals surface area contributed by atoms with E-state index in [0.717, 1.165) is 19.6 Å². The Morgan fingerprint density at radius 3 is 2.57 bits per heavy atom. The molecule has 0 aliphatic rings. The molecule has 0 rings (SSSR count). The minimum absolute atomic E-state index is 0.786. The largest absolute Gasteiger partial charge is 0.385 e. The van der Waals surface area contributed by atoms with E-state index in [2.05, 4.69) is 0 Å². The monoisotopic (exact) mass is 216 g/mol. The molecule has 0 aliphatic heterocycles. The third kappa shape index (κ3) is 6.65. The summed E-state index contributed by atoms with van der Waals surface area (Å²) in [5.74, 6) is 0. The van der Waals surface area contributed by atoms with E-state index in [1.165, 1.54) is 0 Å². The number of halogens is 1. The summed E-state index contributed by atoms with van der Waals surface area (Å²) in [6, 6.07) is 0. The first-order chi connectivity index (χ1) is 3.41. The summed E-state index contributed by atoms with van der Waals surface area (Å²) in [6.45, 7) is 1.58. The van der Waals surface area contributed by atoms with Gasteiger partial charge in [-0.05, 0) is 6.42 Å². The summed E-state index contributed by atoms with van der Waals surface area (Å²) >= 11 is 1.87. The molecule has 0 bridgehead atoms. The van der Waals surface area contributed by atoms with Gasteiger partial charge >= 0.3 is 0 Å². The van der Waals surface area contributed by atoms with Gasteiger partial charge in [0.05, 0.1) is 6.61 Å². The van der Waals surface area contributed by atoms with Crippen LogP contribution in [0.4, 0.5) is 0 Å². The third-order valence-corrected chi connectivity index (χ3v) is 1.01.